The van der Waals surface area contributed by atoms with Crippen molar-refractivity contribution in [2.24, 2.45) is 0 Å². The number of fused-ring (bicyclic) bond motifs is 1. The van der Waals surface area contributed by atoms with Crippen molar-refractivity contribution in [3.63, 3.8) is 0 Å². The second kappa shape index (κ2) is 8.72. The molecule has 25 heavy (non-hydrogen) atoms. The van der Waals surface area contributed by atoms with Gasteiger partial charge in [0.2, 0.25) is 0 Å². The standard InChI is InChI=1S/C15H16O7S2.Na/c1-2-3-8-22-24(20,21)15-9-14(23(17,18)19)13(10-16)11-6-4-5-7-12(11)15;/h4-7,9-10H,2-3,8H2,1H3,(H,17,18,19);/q;+1/p-1. The van der Waals surface area contributed by atoms with Crippen LogP contribution in [-0.2, 0) is 24.4 Å². The normalized spacial score (nSPS) is 11.9. The first-order chi connectivity index (χ1) is 11.2. The van der Waals surface area contributed by atoms with Crippen LogP contribution < -0.4 is 29.6 Å². The van der Waals surface area contributed by atoms with Gasteiger partial charge in [0.25, 0.3) is 10.1 Å². The summed E-state index contributed by atoms with van der Waals surface area (Å²) in [6.07, 6.45) is 1.43. The summed E-state index contributed by atoms with van der Waals surface area (Å²) < 4.78 is 64.0. The van der Waals surface area contributed by atoms with Crippen LogP contribution in [-0.4, -0.2) is 34.3 Å². The van der Waals surface area contributed by atoms with E-state index < -0.39 is 30.0 Å². The first kappa shape index (κ1) is 22.2. The van der Waals surface area contributed by atoms with E-state index in [2.05, 4.69) is 0 Å². The molecule has 0 heterocycles. The molecule has 0 aliphatic carbocycles. The summed E-state index contributed by atoms with van der Waals surface area (Å²) in [5.74, 6) is 0. The van der Waals surface area contributed by atoms with E-state index in [-0.39, 0.29) is 58.8 Å². The molecule has 2 rings (SSSR count). The van der Waals surface area contributed by atoms with Crippen molar-refractivity contribution in [2.75, 3.05) is 6.61 Å². The van der Waals surface area contributed by atoms with Crippen LogP contribution in [0.5, 0.6) is 0 Å². The van der Waals surface area contributed by atoms with Gasteiger partial charge in [0, 0.05) is 10.9 Å². The van der Waals surface area contributed by atoms with E-state index in [1.54, 1.807) is 0 Å². The molecule has 0 saturated heterocycles. The molecule has 10 heteroatoms. The van der Waals surface area contributed by atoms with E-state index in [0.29, 0.717) is 18.9 Å². The Morgan fingerprint density at radius 3 is 2.20 bits per heavy atom. The maximum Gasteiger partial charge on any atom is 1.00 e. The summed E-state index contributed by atoms with van der Waals surface area (Å²) >= 11 is 0. The average molecular weight is 394 g/mol. The number of unbranched alkanes of at least 4 members (excludes halogenated alkanes) is 1. The molecule has 0 fully saturated rings. The summed E-state index contributed by atoms with van der Waals surface area (Å²) in [5.41, 5.74) is -0.367. The Kier molecular flexibility index (Phi) is 7.75. The van der Waals surface area contributed by atoms with Gasteiger partial charge >= 0.3 is 29.6 Å². The van der Waals surface area contributed by atoms with Crippen molar-refractivity contribution in [1.82, 2.24) is 0 Å². The van der Waals surface area contributed by atoms with Gasteiger partial charge in [-0.15, -0.1) is 0 Å². The smallest absolute Gasteiger partial charge is 0.744 e. The molecule has 0 unspecified atom stereocenters. The van der Waals surface area contributed by atoms with E-state index in [0.717, 1.165) is 0 Å². The van der Waals surface area contributed by atoms with Crippen LogP contribution in [0.25, 0.3) is 10.8 Å². The monoisotopic (exact) mass is 394 g/mol. The van der Waals surface area contributed by atoms with E-state index in [9.17, 15) is 26.2 Å². The molecular weight excluding hydrogens is 379 g/mol. The predicted molar refractivity (Wildman–Crippen MR) is 85.3 cm³/mol. The van der Waals surface area contributed by atoms with Crippen molar-refractivity contribution < 1.29 is 59.9 Å². The number of hydrogen-bond donors (Lipinski definition) is 0. The molecular formula is C15H15NaO7S2. The minimum absolute atomic E-state index is 0. The van der Waals surface area contributed by atoms with E-state index in [1.807, 2.05) is 6.92 Å². The third kappa shape index (κ3) is 4.88. The van der Waals surface area contributed by atoms with Crippen LogP contribution in [0.3, 0.4) is 0 Å². The van der Waals surface area contributed by atoms with Crippen LogP contribution in [0.4, 0.5) is 0 Å². The molecule has 0 atom stereocenters. The fraction of sp³-hybridized carbons (Fsp3) is 0.267. The van der Waals surface area contributed by atoms with Gasteiger partial charge in [-0.2, -0.15) is 8.42 Å². The van der Waals surface area contributed by atoms with Crippen LogP contribution in [0.15, 0.2) is 40.1 Å². The zero-order valence-electron chi connectivity index (χ0n) is 13.8. The first-order valence-corrected chi connectivity index (χ1v) is 9.90. The largest absolute Gasteiger partial charge is 1.00 e. The summed E-state index contributed by atoms with van der Waals surface area (Å²) in [6, 6.07) is 6.52. The van der Waals surface area contributed by atoms with Gasteiger partial charge in [0.1, 0.15) is 15.0 Å². The van der Waals surface area contributed by atoms with E-state index in [1.165, 1.54) is 24.3 Å². The molecule has 130 valence electrons. The van der Waals surface area contributed by atoms with E-state index >= 15 is 0 Å². The fourth-order valence-electron chi connectivity index (χ4n) is 2.25. The van der Waals surface area contributed by atoms with Gasteiger partial charge in [0.05, 0.1) is 11.5 Å². The number of rotatable bonds is 7. The number of aldehydes is 1. The molecule has 0 saturated carbocycles. The van der Waals surface area contributed by atoms with Gasteiger partial charge in [-0.3, -0.25) is 8.98 Å². The van der Waals surface area contributed by atoms with Crippen molar-refractivity contribution in [1.29, 1.82) is 0 Å². The molecule has 0 aromatic heterocycles. The Balaban J connectivity index is 0.00000312. The minimum atomic E-state index is -5.05. The third-order valence-electron chi connectivity index (χ3n) is 3.40. The zero-order valence-corrected chi connectivity index (χ0v) is 17.4. The van der Waals surface area contributed by atoms with Crippen molar-refractivity contribution in [2.45, 2.75) is 29.6 Å². The molecule has 0 aliphatic heterocycles. The average Bonchev–Trinajstić information content (AvgIpc) is 2.52. The van der Waals surface area contributed by atoms with Crippen LogP contribution >= 0.6 is 0 Å². The summed E-state index contributed by atoms with van der Waals surface area (Å²) in [6.45, 7) is 1.79. The van der Waals surface area contributed by atoms with Gasteiger partial charge in [-0.05, 0) is 17.9 Å². The number of benzene rings is 2. The first-order valence-electron chi connectivity index (χ1n) is 7.08. The third-order valence-corrected chi connectivity index (χ3v) is 5.63. The Morgan fingerprint density at radius 2 is 1.68 bits per heavy atom. The quantitative estimate of drug-likeness (QED) is 0.196. The summed E-state index contributed by atoms with van der Waals surface area (Å²) in [4.78, 5) is 9.95. The Morgan fingerprint density at radius 1 is 1.08 bits per heavy atom. The van der Waals surface area contributed by atoms with Gasteiger partial charge in [-0.25, -0.2) is 8.42 Å². The van der Waals surface area contributed by atoms with Crippen molar-refractivity contribution >= 4 is 37.3 Å². The molecule has 7 nitrogen and oxygen atoms in total. The maximum absolute atomic E-state index is 12.4. The molecule has 0 bridgehead atoms. The van der Waals surface area contributed by atoms with Crippen LogP contribution in [0.2, 0.25) is 0 Å². The maximum atomic E-state index is 12.4. The Hall–Kier alpha value is -0.810. The van der Waals surface area contributed by atoms with Crippen LogP contribution in [0, 0.1) is 0 Å². The number of carbonyl (C=O) groups is 1. The molecule has 0 amide bonds. The van der Waals surface area contributed by atoms with E-state index in [4.69, 9.17) is 4.18 Å². The molecule has 0 spiro atoms. The second-order valence-corrected chi connectivity index (χ2v) is 7.97. The number of hydrogen-bond acceptors (Lipinski definition) is 7. The SMILES string of the molecule is CCCCOS(=O)(=O)c1cc(S(=O)(=O)[O-])c(C=O)c2ccccc12.[Na+]. The Labute approximate surface area is 168 Å². The Bertz CT molecular complexity index is 982. The van der Waals surface area contributed by atoms with Gasteiger partial charge in [0.15, 0.2) is 6.29 Å². The van der Waals surface area contributed by atoms with Crippen molar-refractivity contribution in [3.05, 3.63) is 35.9 Å². The zero-order chi connectivity index (χ0) is 18.0. The second-order valence-electron chi connectivity index (χ2n) is 5.03. The molecule has 0 aliphatic rings. The molecule has 0 N–H and O–H groups in total. The topological polar surface area (TPSA) is 118 Å². The molecule has 2 aromatic carbocycles. The molecule has 2 aromatic rings. The summed E-state index contributed by atoms with van der Waals surface area (Å²) in [5, 5.41) is 0.172. The fourth-order valence-corrected chi connectivity index (χ4v) is 4.19. The van der Waals surface area contributed by atoms with Gasteiger partial charge in [-0.1, -0.05) is 37.6 Å². The predicted octanol–water partition coefficient (Wildman–Crippen LogP) is -0.934. The van der Waals surface area contributed by atoms with Gasteiger partial charge < -0.3 is 4.55 Å². The molecule has 0 radical (unpaired) electrons. The summed E-state index contributed by atoms with van der Waals surface area (Å²) in [7, 11) is -9.33. The number of carbonyl (C=O) groups excluding carboxylic acids is 1. The minimum Gasteiger partial charge on any atom is -0.744 e. The van der Waals surface area contributed by atoms with Crippen LogP contribution in [0.1, 0.15) is 30.1 Å². The van der Waals surface area contributed by atoms with Crippen molar-refractivity contribution in [3.8, 4) is 0 Å².